The fraction of sp³-hybridized carbons (Fsp3) is 0.111. The van der Waals surface area contributed by atoms with E-state index in [9.17, 15) is 13.2 Å². The number of hydrogen-bond donors (Lipinski definition) is 1. The summed E-state index contributed by atoms with van der Waals surface area (Å²) in [5, 5.41) is 3.35. The molecule has 1 heterocycles. The lowest BCUT2D eigenvalue weighted by atomic mass is 10.1. The van der Waals surface area contributed by atoms with Crippen LogP contribution in [0.1, 0.15) is 5.56 Å². The molecule has 1 N–H and O–H groups in total. The molecule has 3 aromatic rings. The SMILES string of the molecule is COCc1cc(Cl)cc(Nc2ncc(F)c(-c3ccc(F)cc3F)n2)c1. The zero-order chi connectivity index (χ0) is 18.7. The molecule has 0 aliphatic heterocycles. The van der Waals surface area contributed by atoms with E-state index in [4.69, 9.17) is 16.3 Å². The van der Waals surface area contributed by atoms with E-state index >= 15 is 0 Å². The molecule has 0 fully saturated rings. The van der Waals surface area contributed by atoms with Gasteiger partial charge in [0.25, 0.3) is 0 Å². The normalized spacial score (nSPS) is 10.8. The van der Waals surface area contributed by atoms with Gasteiger partial charge in [0, 0.05) is 29.4 Å². The maximum absolute atomic E-state index is 14.1. The summed E-state index contributed by atoms with van der Waals surface area (Å²) in [7, 11) is 1.56. The lowest BCUT2D eigenvalue weighted by Gasteiger charge is -2.10. The third kappa shape index (κ3) is 4.12. The highest BCUT2D eigenvalue weighted by atomic mass is 35.5. The minimum atomic E-state index is -0.918. The molecule has 0 radical (unpaired) electrons. The van der Waals surface area contributed by atoms with Gasteiger partial charge in [-0.2, -0.15) is 0 Å². The monoisotopic (exact) mass is 379 g/mol. The first-order valence-electron chi connectivity index (χ1n) is 7.49. The number of nitrogens with one attached hydrogen (secondary N) is 1. The molecule has 0 spiro atoms. The van der Waals surface area contributed by atoms with Crippen LogP contribution in [0.5, 0.6) is 0 Å². The highest BCUT2D eigenvalue weighted by Gasteiger charge is 2.15. The van der Waals surface area contributed by atoms with Gasteiger partial charge in [-0.25, -0.2) is 23.1 Å². The Morgan fingerprint density at radius 1 is 1.08 bits per heavy atom. The Hall–Kier alpha value is -2.64. The number of methoxy groups -OCH3 is 1. The van der Waals surface area contributed by atoms with E-state index in [1.54, 1.807) is 25.3 Å². The van der Waals surface area contributed by atoms with Crippen molar-refractivity contribution in [3.05, 3.63) is 70.6 Å². The second-order valence-electron chi connectivity index (χ2n) is 5.42. The van der Waals surface area contributed by atoms with E-state index in [0.717, 1.165) is 23.9 Å². The Bertz CT molecular complexity index is 953. The number of benzene rings is 2. The van der Waals surface area contributed by atoms with E-state index in [2.05, 4.69) is 15.3 Å². The van der Waals surface area contributed by atoms with Crippen LogP contribution >= 0.6 is 11.6 Å². The number of anilines is 2. The van der Waals surface area contributed by atoms with Crippen molar-refractivity contribution in [1.82, 2.24) is 9.97 Å². The van der Waals surface area contributed by atoms with Crippen molar-refractivity contribution in [3.8, 4) is 11.3 Å². The molecule has 0 saturated carbocycles. The molecule has 0 saturated heterocycles. The van der Waals surface area contributed by atoms with Crippen LogP contribution in [-0.2, 0) is 11.3 Å². The highest BCUT2D eigenvalue weighted by Crippen LogP contribution is 2.27. The molecule has 1 aromatic heterocycles. The average molecular weight is 380 g/mol. The first-order valence-corrected chi connectivity index (χ1v) is 7.87. The maximum atomic E-state index is 14.1. The molecule has 0 atom stereocenters. The molecule has 4 nitrogen and oxygen atoms in total. The highest BCUT2D eigenvalue weighted by molar-refractivity contribution is 6.30. The van der Waals surface area contributed by atoms with Crippen molar-refractivity contribution < 1.29 is 17.9 Å². The first-order chi connectivity index (χ1) is 12.5. The summed E-state index contributed by atoms with van der Waals surface area (Å²) >= 11 is 6.06. The maximum Gasteiger partial charge on any atom is 0.227 e. The lowest BCUT2D eigenvalue weighted by molar-refractivity contribution is 0.185. The van der Waals surface area contributed by atoms with E-state index in [1.165, 1.54) is 0 Å². The quantitative estimate of drug-likeness (QED) is 0.669. The topological polar surface area (TPSA) is 47.0 Å². The Labute approximate surface area is 152 Å². The van der Waals surface area contributed by atoms with Gasteiger partial charge in [-0.15, -0.1) is 0 Å². The number of ether oxygens (including phenoxy) is 1. The fourth-order valence-electron chi connectivity index (χ4n) is 2.40. The molecule has 0 aliphatic rings. The molecule has 26 heavy (non-hydrogen) atoms. The average Bonchev–Trinajstić information content (AvgIpc) is 2.57. The number of aromatic nitrogens is 2. The Kier molecular flexibility index (Phi) is 5.39. The van der Waals surface area contributed by atoms with Gasteiger partial charge in [-0.3, -0.25) is 0 Å². The van der Waals surface area contributed by atoms with Gasteiger partial charge in [0.2, 0.25) is 5.95 Å². The van der Waals surface area contributed by atoms with Gasteiger partial charge in [0.15, 0.2) is 5.82 Å². The van der Waals surface area contributed by atoms with Crippen LogP contribution in [0.2, 0.25) is 5.02 Å². The van der Waals surface area contributed by atoms with Crippen LogP contribution in [0.15, 0.2) is 42.6 Å². The third-order valence-corrected chi connectivity index (χ3v) is 3.67. The summed E-state index contributed by atoms with van der Waals surface area (Å²) in [6.07, 6.45) is 0.911. The van der Waals surface area contributed by atoms with E-state index in [1.807, 2.05) is 0 Å². The minimum absolute atomic E-state index is 0.0377. The van der Waals surface area contributed by atoms with E-state index < -0.39 is 17.5 Å². The van der Waals surface area contributed by atoms with Crippen molar-refractivity contribution in [1.29, 1.82) is 0 Å². The van der Waals surface area contributed by atoms with Gasteiger partial charge in [0.05, 0.1) is 12.8 Å². The van der Waals surface area contributed by atoms with Gasteiger partial charge in [-0.1, -0.05) is 11.6 Å². The summed E-state index contributed by atoms with van der Waals surface area (Å²) in [5.74, 6) is -2.47. The predicted molar refractivity (Wildman–Crippen MR) is 92.8 cm³/mol. The molecule has 134 valence electrons. The second kappa shape index (κ2) is 7.72. The predicted octanol–water partition coefficient (Wildman–Crippen LogP) is 5.10. The Morgan fingerprint density at radius 3 is 2.62 bits per heavy atom. The van der Waals surface area contributed by atoms with Crippen molar-refractivity contribution >= 4 is 23.2 Å². The van der Waals surface area contributed by atoms with Gasteiger partial charge in [0.1, 0.15) is 17.3 Å². The molecular formula is C18H13ClF3N3O. The van der Waals surface area contributed by atoms with E-state index in [0.29, 0.717) is 23.4 Å². The van der Waals surface area contributed by atoms with Crippen LogP contribution in [0, 0.1) is 17.5 Å². The molecule has 0 aliphatic carbocycles. The molecular weight excluding hydrogens is 367 g/mol. The summed E-state index contributed by atoms with van der Waals surface area (Å²) in [6.45, 7) is 0.353. The number of halogens is 4. The third-order valence-electron chi connectivity index (χ3n) is 3.46. The molecule has 0 unspecified atom stereocenters. The smallest absolute Gasteiger partial charge is 0.227 e. The van der Waals surface area contributed by atoms with Crippen LogP contribution in [0.3, 0.4) is 0 Å². The molecule has 8 heteroatoms. The standard InChI is InChI=1S/C18H13ClF3N3O/c1-26-9-10-4-11(19)6-13(5-10)24-18-23-8-16(22)17(25-18)14-3-2-12(20)7-15(14)21/h2-8H,9H2,1H3,(H,23,24,25). The molecule has 3 rings (SSSR count). The number of hydrogen-bond acceptors (Lipinski definition) is 4. The number of rotatable bonds is 5. The zero-order valence-corrected chi connectivity index (χ0v) is 14.3. The van der Waals surface area contributed by atoms with Crippen LogP contribution in [-0.4, -0.2) is 17.1 Å². The Balaban J connectivity index is 1.95. The summed E-state index contributed by atoms with van der Waals surface area (Å²) in [5.41, 5.74) is 0.927. The first kappa shape index (κ1) is 18.2. The molecule has 0 amide bonds. The second-order valence-corrected chi connectivity index (χ2v) is 5.86. The largest absolute Gasteiger partial charge is 0.380 e. The fourth-order valence-corrected chi connectivity index (χ4v) is 2.66. The van der Waals surface area contributed by atoms with Crippen molar-refractivity contribution in [2.75, 3.05) is 12.4 Å². The summed E-state index contributed by atoms with van der Waals surface area (Å²) in [6, 6.07) is 7.95. The molecule has 0 bridgehead atoms. The molecule has 2 aromatic carbocycles. The van der Waals surface area contributed by atoms with Crippen LogP contribution < -0.4 is 5.32 Å². The summed E-state index contributed by atoms with van der Waals surface area (Å²) in [4.78, 5) is 7.84. The van der Waals surface area contributed by atoms with Gasteiger partial charge in [-0.05, 0) is 35.9 Å². The summed E-state index contributed by atoms with van der Waals surface area (Å²) < 4.78 is 46.1. The van der Waals surface area contributed by atoms with Crippen LogP contribution in [0.4, 0.5) is 24.8 Å². The van der Waals surface area contributed by atoms with Gasteiger partial charge < -0.3 is 10.1 Å². The lowest BCUT2D eigenvalue weighted by Crippen LogP contribution is -2.02. The Morgan fingerprint density at radius 2 is 1.88 bits per heavy atom. The zero-order valence-electron chi connectivity index (χ0n) is 13.6. The van der Waals surface area contributed by atoms with Crippen molar-refractivity contribution in [2.45, 2.75) is 6.61 Å². The van der Waals surface area contributed by atoms with Gasteiger partial charge >= 0.3 is 0 Å². The van der Waals surface area contributed by atoms with Crippen molar-refractivity contribution in [2.24, 2.45) is 0 Å². The minimum Gasteiger partial charge on any atom is -0.380 e. The van der Waals surface area contributed by atoms with E-state index in [-0.39, 0.29) is 17.2 Å². The number of nitrogens with zero attached hydrogens (tertiary/aromatic N) is 2. The van der Waals surface area contributed by atoms with Crippen molar-refractivity contribution in [3.63, 3.8) is 0 Å². The van der Waals surface area contributed by atoms with Crippen LogP contribution in [0.25, 0.3) is 11.3 Å².